The number of thiophene rings is 1. The predicted molar refractivity (Wildman–Crippen MR) is 261 cm³/mol. The molecule has 2 aliphatic rings. The first kappa shape index (κ1) is 37.0. The van der Waals surface area contributed by atoms with E-state index in [1.807, 2.05) is 11.3 Å². The third-order valence-corrected chi connectivity index (χ3v) is 14.5. The summed E-state index contributed by atoms with van der Waals surface area (Å²) in [6, 6.07) is 69.3. The zero-order valence-corrected chi connectivity index (χ0v) is 35.5. The smallest absolute Gasteiger partial charge is 0.0719 e. The first-order chi connectivity index (χ1) is 29.9. The largest absolute Gasteiger partial charge is 0.314 e. The Kier molecular flexibility index (Phi) is 8.70. The van der Waals surface area contributed by atoms with Gasteiger partial charge in [-0.25, -0.2) is 0 Å². The van der Waals surface area contributed by atoms with Crippen LogP contribution in [0.3, 0.4) is 0 Å². The molecule has 0 amide bonds. The molecule has 0 bridgehead atoms. The molecular formula is C59H45NS. The minimum atomic E-state index is -0.396. The SMILES string of the molecule is C=C(/C=C\C=C(/C)N(c1ccccc1)c1cccc(-c2cccc3c2sc2ccccc23)c1)c1ccc2c(c1)C(C)(C)c1ccccc1C21c2ccccc2-c2ccccc21. The molecule has 1 nitrogen and oxygen atoms in total. The zero-order valence-electron chi connectivity index (χ0n) is 34.7. The second-order valence-corrected chi connectivity index (χ2v) is 18.0. The van der Waals surface area contributed by atoms with Crippen molar-refractivity contribution >= 4 is 48.5 Å². The van der Waals surface area contributed by atoms with E-state index in [-0.39, 0.29) is 5.41 Å². The lowest BCUT2D eigenvalue weighted by atomic mass is 9.55. The van der Waals surface area contributed by atoms with E-state index in [9.17, 15) is 0 Å². The van der Waals surface area contributed by atoms with Crippen LogP contribution >= 0.6 is 11.3 Å². The van der Waals surface area contributed by atoms with Crippen LogP contribution in [0.5, 0.6) is 0 Å². The van der Waals surface area contributed by atoms with Gasteiger partial charge in [-0.05, 0) is 116 Å². The third-order valence-electron chi connectivity index (χ3n) is 13.2. The predicted octanol–water partition coefficient (Wildman–Crippen LogP) is 16.0. The van der Waals surface area contributed by atoms with Gasteiger partial charge in [-0.3, -0.25) is 0 Å². The van der Waals surface area contributed by atoms with Crippen molar-refractivity contribution < 1.29 is 0 Å². The molecule has 0 unspecified atom stereocenters. The minimum absolute atomic E-state index is 0.215. The van der Waals surface area contributed by atoms with E-state index in [2.05, 4.69) is 239 Å². The van der Waals surface area contributed by atoms with Crippen molar-refractivity contribution in [2.75, 3.05) is 4.90 Å². The third kappa shape index (κ3) is 5.66. The van der Waals surface area contributed by atoms with E-state index >= 15 is 0 Å². The van der Waals surface area contributed by atoms with Crippen LogP contribution in [0.2, 0.25) is 0 Å². The second kappa shape index (κ2) is 14.3. The fourth-order valence-electron chi connectivity index (χ4n) is 10.4. The second-order valence-electron chi connectivity index (χ2n) is 17.0. The van der Waals surface area contributed by atoms with E-state index in [1.165, 1.54) is 75.8 Å². The van der Waals surface area contributed by atoms with Gasteiger partial charge in [0, 0.05) is 42.7 Å². The summed E-state index contributed by atoms with van der Waals surface area (Å²) in [5.41, 5.74) is 18.1. The van der Waals surface area contributed by atoms with Gasteiger partial charge in [0.15, 0.2) is 0 Å². The molecule has 2 heteroatoms. The Balaban J connectivity index is 0.961. The number of benzene rings is 8. The molecule has 61 heavy (non-hydrogen) atoms. The summed E-state index contributed by atoms with van der Waals surface area (Å²) in [7, 11) is 0. The highest BCUT2D eigenvalue weighted by Gasteiger charge is 2.53. The van der Waals surface area contributed by atoms with Crippen molar-refractivity contribution in [1.82, 2.24) is 0 Å². The first-order valence-electron chi connectivity index (χ1n) is 21.2. The molecule has 0 radical (unpaired) electrons. The number of nitrogens with zero attached hydrogens (tertiary/aromatic N) is 1. The van der Waals surface area contributed by atoms with Crippen molar-refractivity contribution in [3.8, 4) is 22.3 Å². The average Bonchev–Trinajstić information content (AvgIpc) is 3.83. The van der Waals surface area contributed by atoms with Gasteiger partial charge < -0.3 is 4.90 Å². The summed E-state index contributed by atoms with van der Waals surface area (Å²) >= 11 is 1.87. The quantitative estimate of drug-likeness (QED) is 0.145. The zero-order chi connectivity index (χ0) is 41.3. The van der Waals surface area contributed by atoms with Crippen LogP contribution in [0.15, 0.2) is 219 Å². The number of hydrogen-bond acceptors (Lipinski definition) is 2. The lowest BCUT2D eigenvalue weighted by Gasteiger charge is -2.46. The molecule has 292 valence electrons. The van der Waals surface area contributed by atoms with E-state index in [1.54, 1.807) is 0 Å². The van der Waals surface area contributed by atoms with Crippen molar-refractivity contribution in [2.45, 2.75) is 31.6 Å². The van der Waals surface area contributed by atoms with Gasteiger partial charge in [0.25, 0.3) is 0 Å². The Hall–Kier alpha value is -7.00. The molecule has 1 spiro atoms. The number of allylic oxidation sites excluding steroid dienone is 5. The molecule has 2 aliphatic carbocycles. The van der Waals surface area contributed by atoms with Gasteiger partial charge in [0.1, 0.15) is 0 Å². The van der Waals surface area contributed by atoms with Crippen LogP contribution < -0.4 is 4.90 Å². The van der Waals surface area contributed by atoms with Crippen LogP contribution in [0.1, 0.15) is 59.7 Å². The Labute approximate surface area is 362 Å². The standard InChI is InChI=1S/C59H45NS/c1-39(41-35-36-54-55(38-41)58(3,4)52-32-13-14-33-53(52)59(54)50-30-11-8-25-46(50)47-26-9-12-31-51(47)59)19-16-20-40(2)60(43-22-6-5-7-23-43)44-24-17-21-42(37-44)45-28-18-29-49-48-27-10-15-34-56(48)61-57(45)49/h5-38H,1H2,2-4H3/b19-16-,40-20+. The molecular weight excluding hydrogens is 755 g/mol. The van der Waals surface area contributed by atoms with Crippen molar-refractivity contribution in [2.24, 2.45) is 0 Å². The molecule has 11 rings (SSSR count). The maximum absolute atomic E-state index is 4.64. The summed E-state index contributed by atoms with van der Waals surface area (Å²) in [5.74, 6) is 0. The van der Waals surface area contributed by atoms with Crippen molar-refractivity contribution in [1.29, 1.82) is 0 Å². The van der Waals surface area contributed by atoms with E-state index < -0.39 is 5.41 Å². The number of fused-ring (bicyclic) bond motifs is 12. The fraction of sp³-hybridized carbons (Fsp3) is 0.0847. The minimum Gasteiger partial charge on any atom is -0.314 e. The van der Waals surface area contributed by atoms with Gasteiger partial charge in [-0.15, -0.1) is 11.3 Å². The van der Waals surface area contributed by atoms with Crippen LogP contribution in [0, 0.1) is 0 Å². The van der Waals surface area contributed by atoms with Gasteiger partial charge in [0.05, 0.1) is 5.41 Å². The summed E-state index contributed by atoms with van der Waals surface area (Å²) in [5, 5.41) is 2.63. The average molecular weight is 800 g/mol. The highest BCUT2D eigenvalue weighted by molar-refractivity contribution is 7.26. The maximum atomic E-state index is 4.64. The lowest BCUT2D eigenvalue weighted by Crippen LogP contribution is -2.40. The molecule has 0 saturated heterocycles. The molecule has 9 aromatic rings. The van der Waals surface area contributed by atoms with Gasteiger partial charge >= 0.3 is 0 Å². The molecule has 0 saturated carbocycles. The van der Waals surface area contributed by atoms with Gasteiger partial charge in [0.2, 0.25) is 0 Å². The van der Waals surface area contributed by atoms with Crippen LogP contribution in [0.25, 0.3) is 48.0 Å². The van der Waals surface area contributed by atoms with Crippen molar-refractivity contribution in [3.05, 3.63) is 258 Å². The number of rotatable bonds is 7. The normalized spacial score (nSPS) is 14.5. The van der Waals surface area contributed by atoms with E-state index in [4.69, 9.17) is 0 Å². The summed E-state index contributed by atoms with van der Waals surface area (Å²) in [4.78, 5) is 2.34. The monoisotopic (exact) mass is 799 g/mol. The molecule has 8 aromatic carbocycles. The molecule has 0 fully saturated rings. The Morgan fingerprint density at radius 3 is 1.89 bits per heavy atom. The molecule has 1 aromatic heterocycles. The lowest BCUT2D eigenvalue weighted by molar-refractivity contribution is 0.563. The first-order valence-corrected chi connectivity index (χ1v) is 22.0. The maximum Gasteiger partial charge on any atom is 0.0719 e. The topological polar surface area (TPSA) is 3.24 Å². The molecule has 0 aliphatic heterocycles. The fourth-order valence-corrected chi connectivity index (χ4v) is 11.7. The Morgan fingerprint density at radius 1 is 0.525 bits per heavy atom. The van der Waals surface area contributed by atoms with Gasteiger partial charge in [-0.1, -0.05) is 184 Å². The summed E-state index contributed by atoms with van der Waals surface area (Å²) in [6.07, 6.45) is 6.52. The van der Waals surface area contributed by atoms with Crippen molar-refractivity contribution in [3.63, 3.8) is 0 Å². The summed E-state index contributed by atoms with van der Waals surface area (Å²) in [6.45, 7) is 11.6. The highest BCUT2D eigenvalue weighted by Crippen LogP contribution is 2.62. The molecule has 0 N–H and O–H groups in total. The van der Waals surface area contributed by atoms with Gasteiger partial charge in [-0.2, -0.15) is 0 Å². The van der Waals surface area contributed by atoms with Crippen LogP contribution in [-0.4, -0.2) is 0 Å². The number of para-hydroxylation sites is 1. The van der Waals surface area contributed by atoms with E-state index in [0.29, 0.717) is 0 Å². The van der Waals surface area contributed by atoms with Crippen LogP contribution in [0.4, 0.5) is 11.4 Å². The molecule has 0 atom stereocenters. The number of anilines is 2. The highest BCUT2D eigenvalue weighted by atomic mass is 32.1. The number of hydrogen-bond donors (Lipinski definition) is 0. The Morgan fingerprint density at radius 2 is 1.11 bits per heavy atom. The van der Waals surface area contributed by atoms with Crippen LogP contribution in [-0.2, 0) is 10.8 Å². The van der Waals surface area contributed by atoms with E-state index in [0.717, 1.165) is 28.2 Å². The Bertz CT molecular complexity index is 3220. The molecule has 1 heterocycles. The summed E-state index contributed by atoms with van der Waals surface area (Å²) < 4.78 is 2.64.